The fourth-order valence-electron chi connectivity index (χ4n) is 2.87. The standard InChI is InChI=1S/C17H23FN2O3/c18-13-5-3-12(4-6-13)16(21)11-20(14-7-8-14)17(22)19-10-15-2-1-9-23-15/h3-6,14-16,21H,1-2,7-11H2,(H,19,22)/t15-,16-/m0/s1. The van der Waals surface area contributed by atoms with Crippen LogP contribution in [-0.4, -0.2) is 47.9 Å². The number of amides is 2. The molecule has 3 rings (SSSR count). The molecule has 23 heavy (non-hydrogen) atoms. The zero-order chi connectivity index (χ0) is 16.2. The Hall–Kier alpha value is -1.66. The van der Waals surface area contributed by atoms with Crippen molar-refractivity contribution in [3.63, 3.8) is 0 Å². The van der Waals surface area contributed by atoms with Crippen LogP contribution in [0.3, 0.4) is 0 Å². The van der Waals surface area contributed by atoms with Crippen molar-refractivity contribution >= 4 is 6.03 Å². The molecule has 1 aliphatic carbocycles. The molecule has 0 aromatic heterocycles. The van der Waals surface area contributed by atoms with Crippen LogP contribution in [0.2, 0.25) is 0 Å². The van der Waals surface area contributed by atoms with Gasteiger partial charge in [0.15, 0.2) is 0 Å². The number of aliphatic hydroxyl groups is 1. The fourth-order valence-corrected chi connectivity index (χ4v) is 2.87. The maximum absolute atomic E-state index is 13.0. The minimum Gasteiger partial charge on any atom is -0.387 e. The van der Waals surface area contributed by atoms with Gasteiger partial charge in [0.2, 0.25) is 0 Å². The van der Waals surface area contributed by atoms with Crippen molar-refractivity contribution in [3.05, 3.63) is 35.6 Å². The molecule has 126 valence electrons. The first-order valence-corrected chi connectivity index (χ1v) is 8.23. The van der Waals surface area contributed by atoms with Crippen molar-refractivity contribution in [2.75, 3.05) is 19.7 Å². The number of aliphatic hydroxyl groups excluding tert-OH is 1. The van der Waals surface area contributed by atoms with Gasteiger partial charge < -0.3 is 20.1 Å². The highest BCUT2D eigenvalue weighted by Gasteiger charge is 2.34. The lowest BCUT2D eigenvalue weighted by atomic mass is 10.1. The molecule has 0 unspecified atom stereocenters. The largest absolute Gasteiger partial charge is 0.387 e. The molecule has 2 atom stereocenters. The summed E-state index contributed by atoms with van der Waals surface area (Å²) < 4.78 is 18.5. The fraction of sp³-hybridized carbons (Fsp3) is 0.588. The van der Waals surface area contributed by atoms with Gasteiger partial charge in [-0.05, 0) is 43.4 Å². The van der Waals surface area contributed by atoms with Gasteiger partial charge in [0.1, 0.15) is 5.82 Å². The molecule has 1 saturated carbocycles. The molecule has 1 aliphatic heterocycles. The molecule has 5 nitrogen and oxygen atoms in total. The first-order chi connectivity index (χ1) is 11.1. The van der Waals surface area contributed by atoms with Crippen LogP contribution >= 0.6 is 0 Å². The summed E-state index contributed by atoms with van der Waals surface area (Å²) in [5, 5.41) is 13.2. The zero-order valence-corrected chi connectivity index (χ0v) is 13.1. The number of nitrogens with zero attached hydrogens (tertiary/aromatic N) is 1. The van der Waals surface area contributed by atoms with Crippen LogP contribution in [0.25, 0.3) is 0 Å². The van der Waals surface area contributed by atoms with Gasteiger partial charge in [0.05, 0.1) is 18.8 Å². The van der Waals surface area contributed by atoms with Gasteiger partial charge in [0, 0.05) is 19.2 Å². The van der Waals surface area contributed by atoms with E-state index in [1.807, 2.05) is 0 Å². The van der Waals surface area contributed by atoms with Crippen LogP contribution in [0.5, 0.6) is 0 Å². The number of urea groups is 1. The van der Waals surface area contributed by atoms with Crippen LogP contribution in [0.4, 0.5) is 9.18 Å². The Morgan fingerprint density at radius 3 is 2.70 bits per heavy atom. The first kappa shape index (κ1) is 16.2. The number of carbonyl (C=O) groups is 1. The van der Waals surface area contributed by atoms with E-state index in [4.69, 9.17) is 4.74 Å². The Morgan fingerprint density at radius 2 is 2.09 bits per heavy atom. The number of rotatable bonds is 6. The molecule has 2 N–H and O–H groups in total. The van der Waals surface area contributed by atoms with Gasteiger partial charge in [-0.25, -0.2) is 9.18 Å². The van der Waals surface area contributed by atoms with Crippen LogP contribution < -0.4 is 5.32 Å². The summed E-state index contributed by atoms with van der Waals surface area (Å²) in [5.41, 5.74) is 0.615. The molecule has 0 spiro atoms. The van der Waals surface area contributed by atoms with E-state index in [0.29, 0.717) is 12.1 Å². The lowest BCUT2D eigenvalue weighted by molar-refractivity contribution is 0.100. The summed E-state index contributed by atoms with van der Waals surface area (Å²) in [4.78, 5) is 14.1. The highest BCUT2D eigenvalue weighted by molar-refractivity contribution is 5.75. The lowest BCUT2D eigenvalue weighted by Gasteiger charge is -2.26. The van der Waals surface area contributed by atoms with Gasteiger partial charge in [-0.2, -0.15) is 0 Å². The predicted octanol–water partition coefficient (Wildman–Crippen LogP) is 2.21. The average molecular weight is 322 g/mol. The quantitative estimate of drug-likeness (QED) is 0.844. The van der Waals surface area contributed by atoms with Crippen LogP contribution in [0, 0.1) is 5.82 Å². The third kappa shape index (κ3) is 4.42. The molecule has 1 aromatic carbocycles. The number of nitrogens with one attached hydrogen (secondary N) is 1. The summed E-state index contributed by atoms with van der Waals surface area (Å²) in [6.45, 7) is 1.48. The van der Waals surface area contributed by atoms with E-state index in [1.165, 1.54) is 12.1 Å². The average Bonchev–Trinajstić information content (AvgIpc) is 3.26. The zero-order valence-electron chi connectivity index (χ0n) is 13.1. The molecular weight excluding hydrogens is 299 g/mol. The Kier molecular flexibility index (Phi) is 5.13. The second-order valence-electron chi connectivity index (χ2n) is 6.27. The highest BCUT2D eigenvalue weighted by atomic mass is 19.1. The Morgan fingerprint density at radius 1 is 1.35 bits per heavy atom. The summed E-state index contributed by atoms with van der Waals surface area (Å²) >= 11 is 0. The monoisotopic (exact) mass is 322 g/mol. The summed E-state index contributed by atoms with van der Waals surface area (Å²) in [6.07, 6.45) is 3.22. The number of benzene rings is 1. The smallest absolute Gasteiger partial charge is 0.317 e. The van der Waals surface area contributed by atoms with Gasteiger partial charge in [0.25, 0.3) is 0 Å². The number of hydrogen-bond donors (Lipinski definition) is 2. The summed E-state index contributed by atoms with van der Waals surface area (Å²) in [5.74, 6) is -0.339. The second-order valence-corrected chi connectivity index (χ2v) is 6.27. The van der Waals surface area contributed by atoms with Crippen LogP contribution in [0.15, 0.2) is 24.3 Å². The normalized spacial score (nSPS) is 21.9. The van der Waals surface area contributed by atoms with Crippen molar-refractivity contribution in [1.82, 2.24) is 10.2 Å². The predicted molar refractivity (Wildman–Crippen MR) is 83.5 cm³/mol. The van der Waals surface area contributed by atoms with E-state index in [0.717, 1.165) is 32.3 Å². The van der Waals surface area contributed by atoms with Crippen molar-refractivity contribution in [2.24, 2.45) is 0 Å². The molecule has 1 aromatic rings. The number of halogens is 1. The molecule has 6 heteroatoms. The van der Waals surface area contributed by atoms with Crippen molar-refractivity contribution in [2.45, 2.75) is 43.9 Å². The molecule has 0 bridgehead atoms. The van der Waals surface area contributed by atoms with E-state index in [2.05, 4.69) is 5.32 Å². The van der Waals surface area contributed by atoms with Gasteiger partial charge in [-0.15, -0.1) is 0 Å². The maximum Gasteiger partial charge on any atom is 0.317 e. The van der Waals surface area contributed by atoms with E-state index in [1.54, 1.807) is 17.0 Å². The van der Waals surface area contributed by atoms with E-state index < -0.39 is 6.10 Å². The van der Waals surface area contributed by atoms with Gasteiger partial charge >= 0.3 is 6.03 Å². The molecule has 0 radical (unpaired) electrons. The van der Waals surface area contributed by atoms with E-state index >= 15 is 0 Å². The third-order valence-corrected chi connectivity index (χ3v) is 4.38. The van der Waals surface area contributed by atoms with Crippen LogP contribution in [-0.2, 0) is 4.74 Å². The lowest BCUT2D eigenvalue weighted by Crippen LogP contribution is -2.45. The molecule has 1 saturated heterocycles. The Balaban J connectivity index is 1.55. The van der Waals surface area contributed by atoms with E-state index in [-0.39, 0.29) is 30.5 Å². The SMILES string of the molecule is O=C(NC[C@@H]1CCCO1)N(C[C@H](O)c1ccc(F)cc1)C1CC1. The highest BCUT2D eigenvalue weighted by Crippen LogP contribution is 2.29. The molecule has 2 aliphatic rings. The second kappa shape index (κ2) is 7.27. The Labute approximate surface area is 135 Å². The summed E-state index contributed by atoms with van der Waals surface area (Å²) in [7, 11) is 0. The number of hydrogen-bond acceptors (Lipinski definition) is 3. The maximum atomic E-state index is 13.0. The van der Waals surface area contributed by atoms with Crippen molar-refractivity contribution in [1.29, 1.82) is 0 Å². The summed E-state index contributed by atoms with van der Waals surface area (Å²) in [6, 6.07) is 5.76. The molecule has 2 amide bonds. The topological polar surface area (TPSA) is 61.8 Å². The number of ether oxygens (including phenoxy) is 1. The third-order valence-electron chi connectivity index (χ3n) is 4.38. The number of carbonyl (C=O) groups excluding carboxylic acids is 1. The van der Waals surface area contributed by atoms with Crippen LogP contribution in [0.1, 0.15) is 37.4 Å². The minimum absolute atomic E-state index is 0.0991. The van der Waals surface area contributed by atoms with Crippen molar-refractivity contribution in [3.8, 4) is 0 Å². The first-order valence-electron chi connectivity index (χ1n) is 8.23. The van der Waals surface area contributed by atoms with Crippen molar-refractivity contribution < 1.29 is 19.0 Å². The molecule has 1 heterocycles. The van der Waals surface area contributed by atoms with E-state index in [9.17, 15) is 14.3 Å². The van der Waals surface area contributed by atoms with Gasteiger partial charge in [-0.1, -0.05) is 12.1 Å². The van der Waals surface area contributed by atoms with Gasteiger partial charge in [-0.3, -0.25) is 0 Å². The minimum atomic E-state index is -0.815. The molecule has 2 fully saturated rings. The molecular formula is C17H23FN2O3. The Bertz CT molecular complexity index is 527.